The predicted octanol–water partition coefficient (Wildman–Crippen LogP) is 3.69. The molecule has 19 heavy (non-hydrogen) atoms. The molecule has 2 rings (SSSR count). The summed E-state index contributed by atoms with van der Waals surface area (Å²) in [5.74, 6) is -0.110. The lowest BCUT2D eigenvalue weighted by Gasteiger charge is -2.06. The molecule has 1 aromatic carbocycles. The second-order valence-corrected chi connectivity index (χ2v) is 5.85. The molecule has 2 N–H and O–H groups in total. The minimum atomic E-state index is -0.110. The Hall–Kier alpha value is -1.17. The lowest BCUT2D eigenvalue weighted by atomic mass is 10.1. The van der Waals surface area contributed by atoms with E-state index in [0.717, 1.165) is 28.6 Å². The van der Waals surface area contributed by atoms with Crippen molar-refractivity contribution in [2.75, 3.05) is 11.9 Å². The van der Waals surface area contributed by atoms with Crippen molar-refractivity contribution in [1.29, 1.82) is 0 Å². The lowest BCUT2D eigenvalue weighted by Crippen LogP contribution is -2.10. The minimum absolute atomic E-state index is 0.110. The minimum Gasteiger partial charge on any atom is -0.396 e. The van der Waals surface area contributed by atoms with Gasteiger partial charge in [-0.15, -0.1) is 11.3 Å². The monoisotopic (exact) mass is 339 g/mol. The summed E-state index contributed by atoms with van der Waals surface area (Å²) in [5.41, 5.74) is 1.89. The van der Waals surface area contributed by atoms with E-state index >= 15 is 0 Å². The first-order chi connectivity index (χ1) is 9.20. The molecule has 1 amide bonds. The van der Waals surface area contributed by atoms with Crippen molar-refractivity contribution >= 4 is 38.9 Å². The molecular weight excluding hydrogens is 326 g/mol. The Balaban J connectivity index is 2.07. The maximum absolute atomic E-state index is 12.1. The van der Waals surface area contributed by atoms with Crippen molar-refractivity contribution in [2.45, 2.75) is 12.8 Å². The number of aliphatic hydroxyl groups is 1. The number of aryl methyl sites for hydroxylation is 1. The molecule has 100 valence electrons. The van der Waals surface area contributed by atoms with Gasteiger partial charge >= 0.3 is 0 Å². The van der Waals surface area contributed by atoms with Crippen LogP contribution in [0.3, 0.4) is 0 Å². The van der Waals surface area contributed by atoms with Crippen LogP contribution < -0.4 is 5.32 Å². The molecule has 0 bridgehead atoms. The van der Waals surface area contributed by atoms with Gasteiger partial charge < -0.3 is 10.4 Å². The summed E-state index contributed by atoms with van der Waals surface area (Å²) in [4.78, 5) is 12.7. The van der Waals surface area contributed by atoms with E-state index in [0.29, 0.717) is 4.88 Å². The highest BCUT2D eigenvalue weighted by Crippen LogP contribution is 2.24. The Morgan fingerprint density at radius 1 is 1.37 bits per heavy atom. The van der Waals surface area contributed by atoms with Crippen molar-refractivity contribution in [3.63, 3.8) is 0 Å². The molecule has 0 aliphatic rings. The number of benzene rings is 1. The summed E-state index contributed by atoms with van der Waals surface area (Å²) in [6, 6.07) is 9.56. The number of halogens is 1. The second-order valence-electron chi connectivity index (χ2n) is 4.08. The molecule has 0 radical (unpaired) electrons. The first-order valence-corrected chi connectivity index (χ1v) is 7.62. The zero-order valence-corrected chi connectivity index (χ0v) is 12.6. The maximum atomic E-state index is 12.1. The molecule has 1 aromatic heterocycles. The van der Waals surface area contributed by atoms with Crippen LogP contribution in [0.25, 0.3) is 0 Å². The SMILES string of the molecule is O=C(Nc1cccc(CCCO)c1)c1sccc1Br. The smallest absolute Gasteiger partial charge is 0.266 e. The molecule has 5 heteroatoms. The van der Waals surface area contributed by atoms with Gasteiger partial charge in [0.05, 0.1) is 0 Å². The summed E-state index contributed by atoms with van der Waals surface area (Å²) in [5, 5.41) is 13.6. The van der Waals surface area contributed by atoms with Crippen LogP contribution in [0.5, 0.6) is 0 Å². The van der Waals surface area contributed by atoms with Crippen LogP contribution in [0.1, 0.15) is 21.7 Å². The van der Waals surface area contributed by atoms with Gasteiger partial charge in [0.1, 0.15) is 4.88 Å². The Morgan fingerprint density at radius 3 is 2.89 bits per heavy atom. The van der Waals surface area contributed by atoms with Gasteiger partial charge in [-0.05, 0) is 57.9 Å². The van der Waals surface area contributed by atoms with Crippen LogP contribution in [-0.4, -0.2) is 17.6 Å². The number of rotatable bonds is 5. The van der Waals surface area contributed by atoms with Crippen LogP contribution in [0, 0.1) is 0 Å². The van der Waals surface area contributed by atoms with E-state index in [1.165, 1.54) is 11.3 Å². The fourth-order valence-corrected chi connectivity index (χ4v) is 3.18. The number of anilines is 1. The van der Waals surface area contributed by atoms with Crippen molar-refractivity contribution in [2.24, 2.45) is 0 Å². The molecule has 0 saturated carbocycles. The second kappa shape index (κ2) is 6.84. The molecule has 0 fully saturated rings. The van der Waals surface area contributed by atoms with Gasteiger partial charge in [0, 0.05) is 16.8 Å². The van der Waals surface area contributed by atoms with Crippen LogP contribution in [0.15, 0.2) is 40.2 Å². The zero-order chi connectivity index (χ0) is 13.7. The van der Waals surface area contributed by atoms with Gasteiger partial charge in [-0.3, -0.25) is 4.79 Å². The Kier molecular flexibility index (Phi) is 5.13. The van der Waals surface area contributed by atoms with Crippen LogP contribution in [0.2, 0.25) is 0 Å². The summed E-state index contributed by atoms with van der Waals surface area (Å²) >= 11 is 4.75. The normalized spacial score (nSPS) is 10.4. The molecule has 0 atom stereocenters. The number of amides is 1. The Bertz CT molecular complexity index is 568. The summed E-state index contributed by atoms with van der Waals surface area (Å²) in [6.07, 6.45) is 1.54. The number of carbonyl (C=O) groups excluding carboxylic acids is 1. The average Bonchev–Trinajstić information content (AvgIpc) is 2.83. The number of hydrogen-bond acceptors (Lipinski definition) is 3. The van der Waals surface area contributed by atoms with Crippen molar-refractivity contribution in [3.05, 3.63) is 50.6 Å². The average molecular weight is 340 g/mol. The van der Waals surface area contributed by atoms with Crippen molar-refractivity contribution in [1.82, 2.24) is 0 Å². The molecule has 0 aliphatic carbocycles. The third-order valence-corrected chi connectivity index (χ3v) is 4.47. The summed E-state index contributed by atoms with van der Waals surface area (Å²) in [7, 11) is 0. The van der Waals surface area contributed by atoms with Crippen LogP contribution >= 0.6 is 27.3 Å². The Labute approximate surface area is 124 Å². The fraction of sp³-hybridized carbons (Fsp3) is 0.214. The number of nitrogens with one attached hydrogen (secondary N) is 1. The molecule has 0 spiro atoms. The number of hydrogen-bond donors (Lipinski definition) is 2. The molecule has 0 saturated heterocycles. The largest absolute Gasteiger partial charge is 0.396 e. The first-order valence-electron chi connectivity index (χ1n) is 5.95. The first kappa shape index (κ1) is 14.2. The Morgan fingerprint density at radius 2 is 2.21 bits per heavy atom. The van der Waals surface area contributed by atoms with Crippen molar-refractivity contribution in [3.8, 4) is 0 Å². The third-order valence-electron chi connectivity index (χ3n) is 2.63. The van der Waals surface area contributed by atoms with Crippen LogP contribution in [0.4, 0.5) is 5.69 Å². The lowest BCUT2D eigenvalue weighted by molar-refractivity contribution is 0.103. The van der Waals surface area contributed by atoms with Gasteiger partial charge in [0.25, 0.3) is 5.91 Å². The van der Waals surface area contributed by atoms with Gasteiger partial charge in [0.15, 0.2) is 0 Å². The third kappa shape index (κ3) is 3.89. The van der Waals surface area contributed by atoms with E-state index < -0.39 is 0 Å². The van der Waals surface area contributed by atoms with E-state index in [1.807, 2.05) is 35.7 Å². The number of thiophene rings is 1. The number of aliphatic hydroxyl groups excluding tert-OH is 1. The molecule has 3 nitrogen and oxygen atoms in total. The zero-order valence-electron chi connectivity index (χ0n) is 10.2. The van der Waals surface area contributed by atoms with E-state index in [9.17, 15) is 4.79 Å². The predicted molar refractivity (Wildman–Crippen MR) is 81.8 cm³/mol. The topological polar surface area (TPSA) is 49.3 Å². The quantitative estimate of drug-likeness (QED) is 0.872. The molecule has 0 unspecified atom stereocenters. The molecule has 0 aliphatic heterocycles. The molecule has 2 aromatic rings. The fourth-order valence-electron chi connectivity index (χ4n) is 1.73. The van der Waals surface area contributed by atoms with E-state index in [2.05, 4.69) is 21.2 Å². The van der Waals surface area contributed by atoms with Gasteiger partial charge in [-0.1, -0.05) is 12.1 Å². The maximum Gasteiger partial charge on any atom is 0.266 e. The number of carbonyl (C=O) groups is 1. The summed E-state index contributed by atoms with van der Waals surface area (Å²) < 4.78 is 0.812. The van der Waals surface area contributed by atoms with E-state index in [4.69, 9.17) is 5.11 Å². The highest BCUT2D eigenvalue weighted by molar-refractivity contribution is 9.10. The van der Waals surface area contributed by atoms with E-state index in [-0.39, 0.29) is 12.5 Å². The van der Waals surface area contributed by atoms with Gasteiger partial charge in [-0.25, -0.2) is 0 Å². The molecular formula is C14H14BrNO2S. The highest BCUT2D eigenvalue weighted by atomic mass is 79.9. The standard InChI is InChI=1S/C14H14BrNO2S/c15-12-6-8-19-13(12)14(18)16-11-5-1-3-10(9-11)4-2-7-17/h1,3,5-6,8-9,17H,2,4,7H2,(H,16,18). The van der Waals surface area contributed by atoms with Crippen LogP contribution in [-0.2, 0) is 6.42 Å². The van der Waals surface area contributed by atoms with E-state index in [1.54, 1.807) is 0 Å². The van der Waals surface area contributed by atoms with Crippen molar-refractivity contribution < 1.29 is 9.90 Å². The van der Waals surface area contributed by atoms with Gasteiger partial charge in [-0.2, -0.15) is 0 Å². The molecule has 1 heterocycles. The van der Waals surface area contributed by atoms with Gasteiger partial charge in [0.2, 0.25) is 0 Å². The highest BCUT2D eigenvalue weighted by Gasteiger charge is 2.11. The summed E-state index contributed by atoms with van der Waals surface area (Å²) in [6.45, 7) is 0.179.